The zero-order valence-corrected chi connectivity index (χ0v) is 11.9. The summed E-state index contributed by atoms with van der Waals surface area (Å²) >= 11 is 0. The molecule has 1 atom stereocenters. The van der Waals surface area contributed by atoms with Crippen LogP contribution in [0.4, 0.5) is 0 Å². The minimum Gasteiger partial charge on any atom is -0.492 e. The van der Waals surface area contributed by atoms with Gasteiger partial charge in [0.1, 0.15) is 24.2 Å². The van der Waals surface area contributed by atoms with Crippen molar-refractivity contribution in [2.45, 2.75) is 32.4 Å². The average molecular weight is 279 g/mol. The number of rotatable bonds is 6. The van der Waals surface area contributed by atoms with E-state index >= 15 is 0 Å². The van der Waals surface area contributed by atoms with Gasteiger partial charge in [0.2, 0.25) is 0 Å². The lowest BCUT2D eigenvalue weighted by atomic mass is 10.1. The Morgan fingerprint density at radius 3 is 3.00 bits per heavy atom. The minimum atomic E-state index is -0.573. The van der Waals surface area contributed by atoms with E-state index in [9.17, 15) is 9.90 Å². The van der Waals surface area contributed by atoms with E-state index in [1.807, 2.05) is 13.8 Å². The molecule has 0 radical (unpaired) electrons. The van der Waals surface area contributed by atoms with Crippen LogP contribution in [-0.4, -0.2) is 42.8 Å². The van der Waals surface area contributed by atoms with Crippen molar-refractivity contribution >= 4 is 5.78 Å². The van der Waals surface area contributed by atoms with Crippen LogP contribution in [-0.2, 0) is 0 Å². The maximum Gasteiger partial charge on any atom is 0.169 e. The van der Waals surface area contributed by atoms with Gasteiger partial charge in [-0.25, -0.2) is 0 Å². The first kappa shape index (κ1) is 14.8. The normalized spacial score (nSPS) is 15.7. The molecule has 0 saturated carbocycles. The lowest BCUT2D eigenvalue weighted by molar-refractivity contribution is 0.0929. The van der Waals surface area contributed by atoms with Gasteiger partial charge in [-0.15, -0.1) is 0 Å². The second-order valence-corrected chi connectivity index (χ2v) is 5.21. The minimum absolute atomic E-state index is 0.0963. The first-order chi connectivity index (χ1) is 9.56. The molecule has 1 aliphatic rings. The molecule has 1 aromatic carbocycles. The molecule has 1 heterocycles. The van der Waals surface area contributed by atoms with Crippen molar-refractivity contribution in [1.29, 1.82) is 0 Å². The Morgan fingerprint density at radius 2 is 2.25 bits per heavy atom. The number of Topliss-reactive ketones (excluding diaryl/α,β-unsaturated/α-hetero) is 1. The van der Waals surface area contributed by atoms with Gasteiger partial charge in [-0.1, -0.05) is 13.8 Å². The number of benzene rings is 1. The van der Waals surface area contributed by atoms with E-state index in [-0.39, 0.29) is 12.4 Å². The number of aliphatic hydroxyl groups is 1. The van der Waals surface area contributed by atoms with Crippen molar-refractivity contribution < 1.29 is 19.4 Å². The Hall–Kier alpha value is -1.59. The molecule has 0 fully saturated rings. The number of carbonyl (C=O) groups is 1. The Labute approximate surface area is 118 Å². The molecular weight excluding hydrogens is 258 g/mol. The smallest absolute Gasteiger partial charge is 0.169 e. The number of hydrogen-bond acceptors (Lipinski definition) is 5. The highest BCUT2D eigenvalue weighted by Gasteiger charge is 2.19. The summed E-state index contributed by atoms with van der Waals surface area (Å²) in [6, 6.07) is 5.47. The lowest BCUT2D eigenvalue weighted by Gasteiger charge is -2.18. The molecule has 0 amide bonds. The first-order valence-electron chi connectivity index (χ1n) is 6.90. The SMILES string of the molecule is CC(C)NCC(O)COc1ccc2c(c1)OCCC2=O. The van der Waals surface area contributed by atoms with Crippen LogP contribution in [0, 0.1) is 0 Å². The van der Waals surface area contributed by atoms with Crippen molar-refractivity contribution in [3.63, 3.8) is 0 Å². The molecule has 5 heteroatoms. The quantitative estimate of drug-likeness (QED) is 0.823. The third-order valence-corrected chi connectivity index (χ3v) is 3.04. The van der Waals surface area contributed by atoms with Crippen molar-refractivity contribution in [2.24, 2.45) is 0 Å². The molecule has 20 heavy (non-hydrogen) atoms. The van der Waals surface area contributed by atoms with E-state index < -0.39 is 6.10 Å². The van der Waals surface area contributed by atoms with Gasteiger partial charge in [-0.2, -0.15) is 0 Å². The van der Waals surface area contributed by atoms with Gasteiger partial charge < -0.3 is 19.9 Å². The number of ether oxygens (including phenoxy) is 2. The van der Waals surface area contributed by atoms with Gasteiger partial charge in [0.05, 0.1) is 12.2 Å². The Morgan fingerprint density at radius 1 is 1.45 bits per heavy atom. The van der Waals surface area contributed by atoms with E-state index in [0.29, 0.717) is 42.7 Å². The van der Waals surface area contributed by atoms with Crippen LogP contribution in [0.3, 0.4) is 0 Å². The van der Waals surface area contributed by atoms with Crippen molar-refractivity contribution in [3.05, 3.63) is 23.8 Å². The summed E-state index contributed by atoms with van der Waals surface area (Å²) < 4.78 is 11.0. The van der Waals surface area contributed by atoms with E-state index in [1.54, 1.807) is 18.2 Å². The molecule has 1 aromatic rings. The van der Waals surface area contributed by atoms with Crippen molar-refractivity contribution in [1.82, 2.24) is 5.32 Å². The number of nitrogens with one attached hydrogen (secondary N) is 1. The Kier molecular flexibility index (Phi) is 4.98. The largest absolute Gasteiger partial charge is 0.492 e. The van der Waals surface area contributed by atoms with E-state index in [0.717, 1.165) is 0 Å². The summed E-state index contributed by atoms with van der Waals surface area (Å²) in [4.78, 5) is 11.6. The van der Waals surface area contributed by atoms with Crippen LogP contribution >= 0.6 is 0 Å². The summed E-state index contributed by atoms with van der Waals surface area (Å²) in [5, 5.41) is 12.9. The van der Waals surface area contributed by atoms with Crippen molar-refractivity contribution in [2.75, 3.05) is 19.8 Å². The second kappa shape index (κ2) is 6.72. The van der Waals surface area contributed by atoms with Crippen LogP contribution in [0.2, 0.25) is 0 Å². The molecule has 0 bridgehead atoms. The summed E-state index contributed by atoms with van der Waals surface area (Å²) in [5.41, 5.74) is 0.602. The van der Waals surface area contributed by atoms with Gasteiger partial charge in [-0.3, -0.25) is 4.79 Å². The van der Waals surface area contributed by atoms with Gasteiger partial charge in [0.15, 0.2) is 5.78 Å². The molecule has 0 aromatic heterocycles. The van der Waals surface area contributed by atoms with Crippen LogP contribution in [0.5, 0.6) is 11.5 Å². The van der Waals surface area contributed by atoms with Gasteiger partial charge in [0, 0.05) is 25.1 Å². The molecule has 0 spiro atoms. The molecule has 5 nitrogen and oxygen atoms in total. The molecule has 1 aliphatic heterocycles. The van der Waals surface area contributed by atoms with Crippen LogP contribution in [0.1, 0.15) is 30.6 Å². The Bertz CT molecular complexity index is 473. The third kappa shape index (κ3) is 3.95. The fourth-order valence-electron chi connectivity index (χ4n) is 1.95. The highest BCUT2D eigenvalue weighted by atomic mass is 16.5. The predicted molar refractivity (Wildman–Crippen MR) is 75.5 cm³/mol. The van der Waals surface area contributed by atoms with E-state index in [4.69, 9.17) is 9.47 Å². The molecule has 110 valence electrons. The monoisotopic (exact) mass is 279 g/mol. The fourth-order valence-corrected chi connectivity index (χ4v) is 1.95. The second-order valence-electron chi connectivity index (χ2n) is 5.21. The third-order valence-electron chi connectivity index (χ3n) is 3.04. The van der Waals surface area contributed by atoms with Gasteiger partial charge in [0.25, 0.3) is 0 Å². The number of carbonyl (C=O) groups excluding carboxylic acids is 1. The molecule has 0 saturated heterocycles. The van der Waals surface area contributed by atoms with Gasteiger partial charge in [-0.05, 0) is 12.1 Å². The number of aliphatic hydroxyl groups excluding tert-OH is 1. The molecule has 2 rings (SSSR count). The zero-order valence-electron chi connectivity index (χ0n) is 11.9. The van der Waals surface area contributed by atoms with Gasteiger partial charge >= 0.3 is 0 Å². The number of hydrogen-bond donors (Lipinski definition) is 2. The standard InChI is InChI=1S/C15H21NO4/c1-10(2)16-8-11(17)9-20-12-3-4-13-14(18)5-6-19-15(13)7-12/h3-4,7,10-11,16-17H,5-6,8-9H2,1-2H3. The van der Waals surface area contributed by atoms with Crippen LogP contribution in [0.15, 0.2) is 18.2 Å². The number of ketones is 1. The predicted octanol–water partition coefficient (Wildman–Crippen LogP) is 1.39. The molecule has 2 N–H and O–H groups in total. The molecular formula is C15H21NO4. The van der Waals surface area contributed by atoms with Crippen molar-refractivity contribution in [3.8, 4) is 11.5 Å². The summed E-state index contributed by atoms with van der Waals surface area (Å²) in [6.45, 7) is 5.14. The Balaban J connectivity index is 1.89. The average Bonchev–Trinajstić information content (AvgIpc) is 2.43. The zero-order chi connectivity index (χ0) is 14.5. The molecule has 1 unspecified atom stereocenters. The summed E-state index contributed by atoms with van der Waals surface area (Å²) in [5.74, 6) is 1.26. The summed E-state index contributed by atoms with van der Waals surface area (Å²) in [7, 11) is 0. The maximum absolute atomic E-state index is 11.6. The number of fused-ring (bicyclic) bond motifs is 1. The van der Waals surface area contributed by atoms with E-state index in [2.05, 4.69) is 5.32 Å². The lowest BCUT2D eigenvalue weighted by Crippen LogP contribution is -2.35. The van der Waals surface area contributed by atoms with Crippen LogP contribution in [0.25, 0.3) is 0 Å². The molecule has 0 aliphatic carbocycles. The highest BCUT2D eigenvalue weighted by Crippen LogP contribution is 2.29. The maximum atomic E-state index is 11.6. The van der Waals surface area contributed by atoms with E-state index in [1.165, 1.54) is 0 Å². The highest BCUT2D eigenvalue weighted by molar-refractivity contribution is 5.99. The topological polar surface area (TPSA) is 67.8 Å². The first-order valence-corrected chi connectivity index (χ1v) is 6.90. The summed E-state index contributed by atoms with van der Waals surface area (Å²) in [6.07, 6.45) is -0.150. The fraction of sp³-hybridized carbons (Fsp3) is 0.533. The van der Waals surface area contributed by atoms with Crippen LogP contribution < -0.4 is 14.8 Å².